The van der Waals surface area contributed by atoms with Crippen LogP contribution in [-0.2, 0) is 16.6 Å². The Labute approximate surface area is 126 Å². The Kier molecular flexibility index (Phi) is 5.62. The van der Waals surface area contributed by atoms with Gasteiger partial charge in [-0.2, -0.15) is 23.5 Å². The molecule has 1 aromatic rings. The molecule has 2 heterocycles. The molecule has 1 saturated heterocycles. The summed E-state index contributed by atoms with van der Waals surface area (Å²) in [5, 5.41) is 11.3. The molecule has 1 aromatic heterocycles. The second-order valence-electron chi connectivity index (χ2n) is 4.25. The molecule has 1 atom stereocenters. The zero-order valence-corrected chi connectivity index (χ0v) is 13.9. The average molecular weight is 340 g/mol. The maximum Gasteiger partial charge on any atom is 0.242 e. The average Bonchev–Trinajstić information content (AvgIpc) is 2.80. The van der Waals surface area contributed by atoms with E-state index in [0.717, 1.165) is 17.3 Å². The van der Waals surface area contributed by atoms with E-state index in [1.807, 2.05) is 23.5 Å². The molecule has 1 unspecified atom stereocenters. The fraction of sp³-hybridized carbons (Fsp3) is 0.636. The topological polar surface area (TPSA) is 66.4 Å². The van der Waals surface area contributed by atoms with Gasteiger partial charge in [-0.3, -0.25) is 0 Å². The molecule has 0 bridgehead atoms. The third kappa shape index (κ3) is 3.89. The molecule has 1 aliphatic rings. The van der Waals surface area contributed by atoms with Gasteiger partial charge >= 0.3 is 0 Å². The van der Waals surface area contributed by atoms with Crippen molar-refractivity contribution in [2.24, 2.45) is 0 Å². The maximum absolute atomic E-state index is 12.3. The van der Waals surface area contributed by atoms with E-state index in [0.29, 0.717) is 22.2 Å². The molecule has 0 aliphatic carbocycles. The van der Waals surface area contributed by atoms with Gasteiger partial charge in [0.1, 0.15) is 4.90 Å². The lowest BCUT2D eigenvalue weighted by Crippen LogP contribution is -2.33. The summed E-state index contributed by atoms with van der Waals surface area (Å²) in [5.74, 6) is 3.21. The van der Waals surface area contributed by atoms with Crippen molar-refractivity contribution < 1.29 is 13.5 Å². The van der Waals surface area contributed by atoms with Crippen LogP contribution < -0.4 is 4.72 Å². The zero-order chi connectivity index (χ0) is 13.9. The van der Waals surface area contributed by atoms with Crippen molar-refractivity contribution in [3.05, 3.63) is 15.8 Å². The standard InChI is InChI=1S/C11H17NO3S4/c1-8-6-18-10(5-13)11(8)19(14,15)12-4-9-7-16-2-3-17-9/h6,9,12-13H,2-5,7H2,1H3. The number of thiophene rings is 1. The van der Waals surface area contributed by atoms with Gasteiger partial charge in [0, 0.05) is 29.1 Å². The summed E-state index contributed by atoms with van der Waals surface area (Å²) in [4.78, 5) is 0.768. The Morgan fingerprint density at radius 3 is 2.89 bits per heavy atom. The summed E-state index contributed by atoms with van der Waals surface area (Å²) in [5.41, 5.74) is 0.701. The number of sulfonamides is 1. The van der Waals surface area contributed by atoms with Crippen LogP contribution in [0.2, 0.25) is 0 Å². The summed E-state index contributed by atoms with van der Waals surface area (Å²) in [7, 11) is -3.51. The Balaban J connectivity index is 2.07. The van der Waals surface area contributed by atoms with Crippen LogP contribution in [0.3, 0.4) is 0 Å². The smallest absolute Gasteiger partial charge is 0.242 e. The molecule has 1 fully saturated rings. The largest absolute Gasteiger partial charge is 0.391 e. The lowest BCUT2D eigenvalue weighted by atomic mass is 10.3. The van der Waals surface area contributed by atoms with E-state index in [1.54, 1.807) is 12.3 Å². The second-order valence-corrected chi connectivity index (χ2v) is 9.47. The van der Waals surface area contributed by atoms with Gasteiger partial charge in [-0.05, 0) is 17.9 Å². The number of hydrogen-bond acceptors (Lipinski definition) is 6. The van der Waals surface area contributed by atoms with E-state index < -0.39 is 10.0 Å². The van der Waals surface area contributed by atoms with Gasteiger partial charge in [0.25, 0.3) is 0 Å². The van der Waals surface area contributed by atoms with Gasteiger partial charge < -0.3 is 5.11 Å². The van der Waals surface area contributed by atoms with Crippen LogP contribution in [-0.4, -0.2) is 42.6 Å². The molecular weight excluding hydrogens is 322 g/mol. The molecule has 4 nitrogen and oxygen atoms in total. The SMILES string of the molecule is Cc1csc(CO)c1S(=O)(=O)NCC1CSCCS1. The predicted octanol–water partition coefficient (Wildman–Crippen LogP) is 1.68. The van der Waals surface area contributed by atoms with E-state index >= 15 is 0 Å². The van der Waals surface area contributed by atoms with Crippen LogP contribution in [0.15, 0.2) is 10.3 Å². The molecule has 2 N–H and O–H groups in total. The minimum Gasteiger partial charge on any atom is -0.391 e. The normalized spacial score (nSPS) is 20.6. The zero-order valence-electron chi connectivity index (χ0n) is 10.6. The number of aliphatic hydroxyl groups excluding tert-OH is 1. The first kappa shape index (κ1) is 15.7. The van der Waals surface area contributed by atoms with Crippen molar-refractivity contribution in [1.29, 1.82) is 0 Å². The van der Waals surface area contributed by atoms with Crippen molar-refractivity contribution in [2.75, 3.05) is 23.8 Å². The van der Waals surface area contributed by atoms with Gasteiger partial charge in [0.2, 0.25) is 10.0 Å². The fourth-order valence-electron chi connectivity index (χ4n) is 1.89. The number of hydrogen-bond donors (Lipinski definition) is 2. The molecule has 2 rings (SSSR count). The summed E-state index contributed by atoms with van der Waals surface area (Å²) in [6, 6.07) is 0. The highest BCUT2D eigenvalue weighted by Crippen LogP contribution is 2.28. The minimum atomic E-state index is -3.51. The monoisotopic (exact) mass is 339 g/mol. The molecule has 0 aromatic carbocycles. The molecule has 0 amide bonds. The number of aliphatic hydroxyl groups is 1. The summed E-state index contributed by atoms with van der Waals surface area (Å²) in [6.07, 6.45) is 0. The van der Waals surface area contributed by atoms with Crippen LogP contribution in [0.1, 0.15) is 10.4 Å². The Bertz CT molecular complexity index is 520. The molecule has 108 valence electrons. The second kappa shape index (κ2) is 6.82. The molecule has 8 heteroatoms. The molecular formula is C11H17NO3S4. The number of nitrogens with one attached hydrogen (secondary N) is 1. The van der Waals surface area contributed by atoms with Crippen molar-refractivity contribution in [3.8, 4) is 0 Å². The highest BCUT2D eigenvalue weighted by molar-refractivity contribution is 8.06. The molecule has 1 aliphatic heterocycles. The first-order chi connectivity index (χ1) is 9.04. The van der Waals surface area contributed by atoms with Crippen molar-refractivity contribution >= 4 is 44.9 Å². The van der Waals surface area contributed by atoms with Gasteiger partial charge in [-0.15, -0.1) is 11.3 Å². The van der Waals surface area contributed by atoms with E-state index in [4.69, 9.17) is 0 Å². The summed E-state index contributed by atoms with van der Waals surface area (Å²) >= 11 is 4.97. The van der Waals surface area contributed by atoms with Gasteiger partial charge in [0.05, 0.1) is 11.5 Å². The van der Waals surface area contributed by atoms with Crippen LogP contribution in [0.5, 0.6) is 0 Å². The van der Waals surface area contributed by atoms with Gasteiger partial charge in [-0.1, -0.05) is 0 Å². The van der Waals surface area contributed by atoms with Crippen LogP contribution in [0.4, 0.5) is 0 Å². The lowest BCUT2D eigenvalue weighted by Gasteiger charge is -2.21. The van der Waals surface area contributed by atoms with Crippen molar-refractivity contribution in [1.82, 2.24) is 4.72 Å². The highest BCUT2D eigenvalue weighted by atomic mass is 32.2. The maximum atomic E-state index is 12.3. The minimum absolute atomic E-state index is 0.233. The van der Waals surface area contributed by atoms with Crippen molar-refractivity contribution in [3.63, 3.8) is 0 Å². The summed E-state index contributed by atoms with van der Waals surface area (Å²) < 4.78 is 27.3. The fourth-order valence-corrected chi connectivity index (χ4v) is 7.34. The van der Waals surface area contributed by atoms with E-state index in [9.17, 15) is 13.5 Å². The molecule has 0 spiro atoms. The number of thioether (sulfide) groups is 2. The number of aryl methyl sites for hydroxylation is 1. The quantitative estimate of drug-likeness (QED) is 0.854. The summed E-state index contributed by atoms with van der Waals surface area (Å²) in [6.45, 7) is 1.98. The van der Waals surface area contributed by atoms with E-state index in [1.165, 1.54) is 11.3 Å². The predicted molar refractivity (Wildman–Crippen MR) is 83.7 cm³/mol. The van der Waals surface area contributed by atoms with Crippen LogP contribution in [0, 0.1) is 6.92 Å². The van der Waals surface area contributed by atoms with Gasteiger partial charge in [-0.25, -0.2) is 13.1 Å². The van der Waals surface area contributed by atoms with Gasteiger partial charge in [0.15, 0.2) is 0 Å². The van der Waals surface area contributed by atoms with E-state index in [2.05, 4.69) is 4.72 Å². The van der Waals surface area contributed by atoms with Crippen LogP contribution in [0.25, 0.3) is 0 Å². The molecule has 0 saturated carbocycles. The Morgan fingerprint density at radius 1 is 1.47 bits per heavy atom. The number of rotatable bonds is 5. The van der Waals surface area contributed by atoms with E-state index in [-0.39, 0.29) is 11.5 Å². The Morgan fingerprint density at radius 2 is 2.26 bits per heavy atom. The Hall–Kier alpha value is 0.270. The lowest BCUT2D eigenvalue weighted by molar-refractivity contribution is 0.282. The highest BCUT2D eigenvalue weighted by Gasteiger charge is 2.24. The third-order valence-corrected chi connectivity index (χ3v) is 8.50. The third-order valence-electron chi connectivity index (χ3n) is 2.79. The van der Waals surface area contributed by atoms with Crippen molar-refractivity contribution in [2.45, 2.75) is 23.7 Å². The first-order valence-electron chi connectivity index (χ1n) is 5.91. The first-order valence-corrected chi connectivity index (χ1v) is 10.5. The van der Waals surface area contributed by atoms with Crippen LogP contribution >= 0.6 is 34.9 Å². The molecule has 19 heavy (non-hydrogen) atoms. The molecule has 0 radical (unpaired) electrons.